The normalized spacial score (nSPS) is 18.9. The number of nitrogen functional groups attached to an aromatic ring is 1. The van der Waals surface area contributed by atoms with Gasteiger partial charge >= 0.3 is 0 Å². The fourth-order valence-corrected chi connectivity index (χ4v) is 4.81. The first kappa shape index (κ1) is 16.8. The van der Waals surface area contributed by atoms with Gasteiger partial charge in [-0.05, 0) is 58.3 Å². The highest BCUT2D eigenvalue weighted by Gasteiger charge is 2.34. The first-order valence-electron chi connectivity index (χ1n) is 7.17. The Bertz CT molecular complexity index is 615. The molecule has 0 spiro atoms. The topological polar surface area (TPSA) is 63.4 Å². The average molecular weight is 375 g/mol. The number of hydrogen-bond acceptors (Lipinski definition) is 3. The Balaban J connectivity index is 2.17. The Morgan fingerprint density at radius 3 is 2.29 bits per heavy atom. The number of rotatable bonds is 2. The second kappa shape index (κ2) is 5.89. The molecule has 0 aromatic heterocycles. The van der Waals surface area contributed by atoms with E-state index in [4.69, 9.17) is 5.73 Å². The third-order valence-electron chi connectivity index (χ3n) is 4.29. The lowest BCUT2D eigenvalue weighted by Gasteiger charge is -2.38. The number of nitrogens with zero attached hydrogens (tertiary/aromatic N) is 1. The molecule has 4 nitrogen and oxygen atoms in total. The molecule has 1 aliphatic rings. The molecule has 1 aromatic carbocycles. The van der Waals surface area contributed by atoms with E-state index in [9.17, 15) is 8.42 Å². The summed E-state index contributed by atoms with van der Waals surface area (Å²) in [4.78, 5) is 0.304. The Morgan fingerprint density at radius 1 is 1.24 bits per heavy atom. The van der Waals surface area contributed by atoms with Crippen LogP contribution in [0.5, 0.6) is 0 Å². The smallest absolute Gasteiger partial charge is 0.243 e. The van der Waals surface area contributed by atoms with Gasteiger partial charge in [0.25, 0.3) is 0 Å². The van der Waals surface area contributed by atoms with Crippen LogP contribution in [0.1, 0.15) is 33.6 Å². The van der Waals surface area contributed by atoms with Crippen molar-refractivity contribution in [2.24, 2.45) is 11.3 Å². The van der Waals surface area contributed by atoms with Crippen molar-refractivity contribution in [3.05, 3.63) is 22.7 Å². The van der Waals surface area contributed by atoms with Gasteiger partial charge in [0.2, 0.25) is 10.0 Å². The summed E-state index contributed by atoms with van der Waals surface area (Å²) in [6, 6.07) is 4.78. The maximum atomic E-state index is 12.7. The molecular formula is C15H23BrN2O2S. The van der Waals surface area contributed by atoms with E-state index in [1.54, 1.807) is 22.5 Å². The van der Waals surface area contributed by atoms with Crippen LogP contribution < -0.4 is 5.73 Å². The van der Waals surface area contributed by atoms with E-state index in [2.05, 4.69) is 36.7 Å². The zero-order chi connectivity index (χ0) is 15.8. The van der Waals surface area contributed by atoms with Gasteiger partial charge in [-0.1, -0.05) is 20.8 Å². The van der Waals surface area contributed by atoms with Crippen LogP contribution in [0.4, 0.5) is 5.69 Å². The van der Waals surface area contributed by atoms with Gasteiger partial charge in [-0.2, -0.15) is 4.31 Å². The first-order chi connectivity index (χ1) is 9.62. The molecule has 0 radical (unpaired) electrons. The minimum atomic E-state index is -3.42. The van der Waals surface area contributed by atoms with E-state index in [-0.39, 0.29) is 5.41 Å². The molecule has 0 atom stereocenters. The fraction of sp³-hybridized carbons (Fsp3) is 0.600. The van der Waals surface area contributed by atoms with Gasteiger partial charge in [-0.3, -0.25) is 0 Å². The molecule has 1 saturated heterocycles. The van der Waals surface area contributed by atoms with Gasteiger partial charge in [0.1, 0.15) is 0 Å². The van der Waals surface area contributed by atoms with E-state index < -0.39 is 10.0 Å². The van der Waals surface area contributed by atoms with Gasteiger partial charge in [-0.25, -0.2) is 8.42 Å². The highest BCUT2D eigenvalue weighted by atomic mass is 79.9. The summed E-state index contributed by atoms with van der Waals surface area (Å²) in [6.07, 6.45) is 1.83. The third-order valence-corrected chi connectivity index (χ3v) is 6.87. The maximum Gasteiger partial charge on any atom is 0.243 e. The Hall–Kier alpha value is -0.590. The summed E-state index contributed by atoms with van der Waals surface area (Å²) in [6.45, 7) is 7.84. The van der Waals surface area contributed by atoms with Crippen molar-refractivity contribution < 1.29 is 8.42 Å². The van der Waals surface area contributed by atoms with Crippen LogP contribution in [0.25, 0.3) is 0 Å². The van der Waals surface area contributed by atoms with Crippen molar-refractivity contribution in [2.75, 3.05) is 18.8 Å². The summed E-state index contributed by atoms with van der Waals surface area (Å²) in [5, 5.41) is 0. The second-order valence-electron chi connectivity index (χ2n) is 6.73. The third kappa shape index (κ3) is 3.60. The molecule has 118 valence electrons. The van der Waals surface area contributed by atoms with Crippen LogP contribution in [0.2, 0.25) is 0 Å². The minimum Gasteiger partial charge on any atom is -0.398 e. The van der Waals surface area contributed by atoms with Gasteiger partial charge < -0.3 is 5.73 Å². The fourth-order valence-electron chi connectivity index (χ4n) is 2.78. The lowest BCUT2D eigenvalue weighted by atomic mass is 9.76. The molecule has 0 saturated carbocycles. The van der Waals surface area contributed by atoms with E-state index in [1.165, 1.54) is 0 Å². The molecule has 2 rings (SSSR count). The monoisotopic (exact) mass is 374 g/mol. The summed E-state index contributed by atoms with van der Waals surface area (Å²) in [7, 11) is -3.42. The van der Waals surface area contributed by atoms with Crippen LogP contribution in [-0.2, 0) is 10.0 Å². The standard InChI is InChI=1S/C15H23BrN2O2S/c1-15(2,3)11-6-8-18(9-7-11)21(19,20)12-4-5-14(17)13(16)10-12/h4-5,10-11H,6-9,17H2,1-3H3. The van der Waals surface area contributed by atoms with Crippen molar-refractivity contribution in [2.45, 2.75) is 38.5 Å². The number of nitrogens with two attached hydrogens (primary N) is 1. The molecule has 0 unspecified atom stereocenters. The summed E-state index contributed by atoms with van der Waals surface area (Å²) < 4.78 is 27.6. The lowest BCUT2D eigenvalue weighted by Crippen LogP contribution is -2.41. The quantitative estimate of drug-likeness (QED) is 0.805. The second-order valence-corrected chi connectivity index (χ2v) is 9.52. The molecule has 1 aromatic rings. The molecule has 1 heterocycles. The molecular weight excluding hydrogens is 352 g/mol. The maximum absolute atomic E-state index is 12.7. The van der Waals surface area contributed by atoms with Crippen LogP contribution >= 0.6 is 15.9 Å². The van der Waals surface area contributed by atoms with Crippen LogP contribution in [0.3, 0.4) is 0 Å². The van der Waals surface area contributed by atoms with Crippen molar-refractivity contribution in [3.8, 4) is 0 Å². The highest BCUT2D eigenvalue weighted by molar-refractivity contribution is 9.10. The van der Waals surface area contributed by atoms with Crippen molar-refractivity contribution in [3.63, 3.8) is 0 Å². The summed E-state index contributed by atoms with van der Waals surface area (Å²) in [5.41, 5.74) is 6.50. The summed E-state index contributed by atoms with van der Waals surface area (Å²) in [5.74, 6) is 0.571. The van der Waals surface area contributed by atoms with E-state index in [0.717, 1.165) is 12.8 Å². The first-order valence-corrected chi connectivity index (χ1v) is 9.41. The lowest BCUT2D eigenvalue weighted by molar-refractivity contribution is 0.154. The predicted octanol–water partition coefficient (Wildman–Crippen LogP) is 3.48. The minimum absolute atomic E-state index is 0.236. The molecule has 0 bridgehead atoms. The number of piperidine rings is 1. The van der Waals surface area contributed by atoms with Gasteiger partial charge in [0, 0.05) is 23.2 Å². The molecule has 21 heavy (non-hydrogen) atoms. The van der Waals surface area contributed by atoms with Crippen molar-refractivity contribution in [1.29, 1.82) is 0 Å². The molecule has 6 heteroatoms. The van der Waals surface area contributed by atoms with E-state index in [0.29, 0.717) is 34.1 Å². The number of sulfonamides is 1. The zero-order valence-corrected chi connectivity index (χ0v) is 15.2. The van der Waals surface area contributed by atoms with E-state index in [1.807, 2.05) is 0 Å². The van der Waals surface area contributed by atoms with Gasteiger partial charge in [0.05, 0.1) is 4.90 Å². The molecule has 0 aliphatic carbocycles. The Morgan fingerprint density at radius 2 is 1.81 bits per heavy atom. The zero-order valence-electron chi connectivity index (χ0n) is 12.8. The summed E-state index contributed by atoms with van der Waals surface area (Å²) >= 11 is 3.29. The predicted molar refractivity (Wildman–Crippen MR) is 89.5 cm³/mol. The highest BCUT2D eigenvalue weighted by Crippen LogP contribution is 2.36. The number of halogens is 1. The molecule has 1 aliphatic heterocycles. The van der Waals surface area contributed by atoms with Crippen molar-refractivity contribution >= 4 is 31.6 Å². The van der Waals surface area contributed by atoms with Crippen molar-refractivity contribution in [1.82, 2.24) is 4.31 Å². The average Bonchev–Trinajstić information content (AvgIpc) is 2.41. The Kier molecular flexibility index (Phi) is 4.71. The van der Waals surface area contributed by atoms with Gasteiger partial charge in [0.15, 0.2) is 0 Å². The van der Waals surface area contributed by atoms with Crippen LogP contribution in [-0.4, -0.2) is 25.8 Å². The van der Waals surface area contributed by atoms with Gasteiger partial charge in [-0.15, -0.1) is 0 Å². The van der Waals surface area contributed by atoms with Crippen LogP contribution in [0, 0.1) is 11.3 Å². The number of benzene rings is 1. The largest absolute Gasteiger partial charge is 0.398 e. The Labute approximate surface area is 135 Å². The van der Waals surface area contributed by atoms with Crippen LogP contribution in [0.15, 0.2) is 27.6 Å². The molecule has 0 amide bonds. The SMILES string of the molecule is CC(C)(C)C1CCN(S(=O)(=O)c2ccc(N)c(Br)c2)CC1. The molecule has 2 N–H and O–H groups in total. The number of anilines is 1. The molecule has 1 fully saturated rings. The van der Waals surface area contributed by atoms with E-state index >= 15 is 0 Å². The number of hydrogen-bond donors (Lipinski definition) is 1.